The number of nitrogens with zero attached hydrogens (tertiary/aromatic N) is 1. The quantitative estimate of drug-likeness (QED) is 0.177. The smallest absolute Gasteiger partial charge is 0.144 e. The Morgan fingerprint density at radius 1 is 0.388 bits per heavy atom. The summed E-state index contributed by atoms with van der Waals surface area (Å²) in [5.74, 6) is 0. The topological polar surface area (TPSA) is 29.5 Å². The van der Waals surface area contributed by atoms with E-state index in [9.17, 15) is 0 Å². The minimum absolute atomic E-state index is 0.219. The van der Waals surface area contributed by atoms with Crippen LogP contribution in [0.5, 0.6) is 0 Å². The second-order valence-electron chi connectivity index (χ2n) is 20.8. The first-order chi connectivity index (χ1) is 32.4. The third kappa shape index (κ3) is 4.91. The van der Waals surface area contributed by atoms with Crippen molar-refractivity contribution < 1.29 is 8.83 Å². The first kappa shape index (κ1) is 38.6. The number of hydrogen-bond donors (Lipinski definition) is 0. The molecule has 3 nitrogen and oxygen atoms in total. The zero-order valence-electron chi connectivity index (χ0n) is 38.9. The van der Waals surface area contributed by atoms with Gasteiger partial charge in [-0.05, 0) is 128 Å². The van der Waals surface area contributed by atoms with Gasteiger partial charge in [-0.2, -0.15) is 0 Å². The molecule has 9 aromatic carbocycles. The molecule has 0 saturated heterocycles. The van der Waals surface area contributed by atoms with E-state index in [4.69, 9.17) is 8.83 Å². The van der Waals surface area contributed by atoms with Gasteiger partial charge in [0.25, 0.3) is 0 Å². The fraction of sp³-hybridized carbons (Fsp3) is 0.156. The van der Waals surface area contributed by atoms with Crippen molar-refractivity contribution in [2.24, 2.45) is 0 Å². The molecule has 2 heterocycles. The Kier molecular flexibility index (Phi) is 7.52. The fourth-order valence-corrected chi connectivity index (χ4v) is 13.0. The van der Waals surface area contributed by atoms with Crippen LogP contribution in [0.25, 0.3) is 88.4 Å². The van der Waals surface area contributed by atoms with Crippen molar-refractivity contribution in [1.29, 1.82) is 0 Å². The Labute approximate surface area is 390 Å². The van der Waals surface area contributed by atoms with Crippen LogP contribution in [-0.4, -0.2) is 0 Å². The molecule has 2 aromatic heterocycles. The van der Waals surface area contributed by atoms with Gasteiger partial charge in [-0.3, -0.25) is 0 Å². The number of para-hydroxylation sites is 3. The monoisotopic (exact) mass is 863 g/mol. The van der Waals surface area contributed by atoms with Gasteiger partial charge in [0.2, 0.25) is 0 Å². The van der Waals surface area contributed by atoms with Crippen LogP contribution in [0, 0.1) is 6.92 Å². The average molecular weight is 864 g/mol. The molecule has 3 heteroatoms. The Balaban J connectivity index is 0.993. The fourth-order valence-electron chi connectivity index (χ4n) is 13.0. The molecule has 0 fully saturated rings. The van der Waals surface area contributed by atoms with E-state index < -0.39 is 0 Å². The summed E-state index contributed by atoms with van der Waals surface area (Å²) in [5, 5.41) is 4.75. The highest BCUT2D eigenvalue weighted by Gasteiger charge is 2.49. The number of furan rings is 2. The molecule has 0 atom stereocenters. The summed E-state index contributed by atoms with van der Waals surface area (Å²) in [6.07, 6.45) is 0. The molecule has 67 heavy (non-hydrogen) atoms. The van der Waals surface area contributed by atoms with Crippen molar-refractivity contribution in [2.75, 3.05) is 4.90 Å². The van der Waals surface area contributed by atoms with Crippen LogP contribution in [0.4, 0.5) is 17.1 Å². The molecule has 0 saturated carbocycles. The molecule has 11 aromatic rings. The van der Waals surface area contributed by atoms with E-state index in [2.05, 4.69) is 223 Å². The van der Waals surface area contributed by atoms with Crippen LogP contribution in [0.1, 0.15) is 80.5 Å². The van der Waals surface area contributed by atoms with Crippen LogP contribution in [0.2, 0.25) is 0 Å². The third-order valence-electron chi connectivity index (χ3n) is 16.1. The Morgan fingerprint density at radius 2 is 0.910 bits per heavy atom. The molecule has 14 rings (SSSR count). The van der Waals surface area contributed by atoms with Crippen LogP contribution in [0.15, 0.2) is 179 Å². The molecule has 322 valence electrons. The molecule has 0 unspecified atom stereocenters. The van der Waals surface area contributed by atoms with Gasteiger partial charge >= 0.3 is 0 Å². The largest absolute Gasteiger partial charge is 0.455 e. The van der Waals surface area contributed by atoms with Crippen LogP contribution in [0.3, 0.4) is 0 Å². The third-order valence-corrected chi connectivity index (χ3v) is 16.1. The summed E-state index contributed by atoms with van der Waals surface area (Å²) < 4.78 is 13.8. The minimum atomic E-state index is -0.315. The molecule has 0 aliphatic heterocycles. The highest BCUT2D eigenvalue weighted by atomic mass is 16.3. The van der Waals surface area contributed by atoms with E-state index in [1.54, 1.807) is 0 Å². The number of fused-ring (bicyclic) bond motifs is 19. The Hall–Kier alpha value is -7.62. The van der Waals surface area contributed by atoms with Gasteiger partial charge < -0.3 is 13.7 Å². The highest BCUT2D eigenvalue weighted by Crippen LogP contribution is 2.64. The molecule has 0 amide bonds. The van der Waals surface area contributed by atoms with Crippen molar-refractivity contribution in [3.05, 3.63) is 209 Å². The van der Waals surface area contributed by atoms with Gasteiger partial charge in [0.15, 0.2) is 0 Å². The molecule has 0 radical (unpaired) electrons. The number of benzene rings is 9. The SMILES string of the molecule is Cc1ccccc1N(c1ccc2c(c1)C(C)(C)c1cc(-c3ccccc3)c3oc4ccccc4c3c1-2)c1ccc2c(c1)C(C)(C)c1c3c(c4oc5ccccc5c4c1-2)-c1ccccc1C3(C)C. The lowest BCUT2D eigenvalue weighted by Gasteiger charge is -2.32. The first-order valence-corrected chi connectivity index (χ1v) is 23.8. The number of anilines is 3. The van der Waals surface area contributed by atoms with Crippen molar-refractivity contribution in [2.45, 2.75) is 64.7 Å². The van der Waals surface area contributed by atoms with E-state index >= 15 is 0 Å². The van der Waals surface area contributed by atoms with E-state index in [0.717, 1.165) is 50.2 Å². The second kappa shape index (κ2) is 13.0. The molecule has 3 aliphatic rings. The van der Waals surface area contributed by atoms with Gasteiger partial charge in [0, 0.05) is 66.0 Å². The van der Waals surface area contributed by atoms with Gasteiger partial charge in [0.1, 0.15) is 22.3 Å². The summed E-state index contributed by atoms with van der Waals surface area (Å²) in [6.45, 7) is 16.8. The van der Waals surface area contributed by atoms with Crippen LogP contribution < -0.4 is 4.90 Å². The maximum atomic E-state index is 6.98. The van der Waals surface area contributed by atoms with E-state index in [1.165, 1.54) is 94.2 Å². The van der Waals surface area contributed by atoms with Gasteiger partial charge in [0.05, 0.1) is 0 Å². The molecule has 3 aliphatic carbocycles. The molecule has 0 spiro atoms. The van der Waals surface area contributed by atoms with Crippen molar-refractivity contribution in [1.82, 2.24) is 0 Å². The summed E-state index contributed by atoms with van der Waals surface area (Å²) in [6, 6.07) is 62.5. The predicted molar refractivity (Wildman–Crippen MR) is 279 cm³/mol. The van der Waals surface area contributed by atoms with Crippen molar-refractivity contribution in [3.63, 3.8) is 0 Å². The second-order valence-corrected chi connectivity index (χ2v) is 20.8. The number of hydrogen-bond acceptors (Lipinski definition) is 3. The zero-order chi connectivity index (χ0) is 45.3. The summed E-state index contributed by atoms with van der Waals surface area (Å²) in [5.41, 5.74) is 25.8. The van der Waals surface area contributed by atoms with Gasteiger partial charge in [-0.25, -0.2) is 0 Å². The molecular weight excluding hydrogens is 815 g/mol. The average Bonchev–Trinajstić information content (AvgIpc) is 4.09. The Bertz CT molecular complexity index is 3970. The highest BCUT2D eigenvalue weighted by molar-refractivity contribution is 6.21. The summed E-state index contributed by atoms with van der Waals surface area (Å²) >= 11 is 0. The molecular formula is C64H49NO2. The Morgan fingerprint density at radius 3 is 1.61 bits per heavy atom. The maximum absolute atomic E-state index is 6.98. The van der Waals surface area contributed by atoms with Crippen LogP contribution in [-0.2, 0) is 16.2 Å². The minimum Gasteiger partial charge on any atom is -0.455 e. The first-order valence-electron chi connectivity index (χ1n) is 23.8. The van der Waals surface area contributed by atoms with Crippen molar-refractivity contribution in [3.8, 4) is 44.5 Å². The normalized spacial score (nSPS) is 15.4. The summed E-state index contributed by atoms with van der Waals surface area (Å²) in [4.78, 5) is 2.50. The predicted octanol–water partition coefficient (Wildman–Crippen LogP) is 17.8. The summed E-state index contributed by atoms with van der Waals surface area (Å²) in [7, 11) is 0. The van der Waals surface area contributed by atoms with Gasteiger partial charge in [-0.15, -0.1) is 0 Å². The van der Waals surface area contributed by atoms with Gasteiger partial charge in [-0.1, -0.05) is 163 Å². The molecule has 0 bridgehead atoms. The van der Waals surface area contributed by atoms with E-state index in [1.807, 2.05) is 0 Å². The zero-order valence-corrected chi connectivity index (χ0v) is 38.9. The lowest BCUT2D eigenvalue weighted by atomic mass is 9.72. The molecule has 0 N–H and O–H groups in total. The van der Waals surface area contributed by atoms with Crippen LogP contribution >= 0.6 is 0 Å². The lowest BCUT2D eigenvalue weighted by molar-refractivity contribution is 0.600. The number of aryl methyl sites for hydroxylation is 1. The van der Waals surface area contributed by atoms with E-state index in [-0.39, 0.29) is 16.2 Å². The lowest BCUT2D eigenvalue weighted by Crippen LogP contribution is -2.24. The maximum Gasteiger partial charge on any atom is 0.144 e. The number of rotatable bonds is 4. The standard InChI is InChI=1S/C64H49NO2/c1-36-19-11-16-26-50(36)65(38-29-31-41-47(33-38)62(2,3)49-35-45(37-20-9-8-10-21-37)60-55(53(41)49)43-23-13-17-27-51(43)66-60)39-30-32-42-48(34-39)64(6,7)58-54(42)56-44-24-14-18-28-52(44)67-61(56)57-40-22-12-15-25-46(40)63(4,5)59(57)58/h8-35H,1-7H3. The van der Waals surface area contributed by atoms with Crippen molar-refractivity contribution >= 4 is 60.9 Å². The van der Waals surface area contributed by atoms with E-state index in [0.29, 0.717) is 0 Å².